The van der Waals surface area contributed by atoms with Crippen LogP contribution >= 0.6 is 0 Å². The minimum absolute atomic E-state index is 0.120. The molecule has 0 heterocycles. The number of ether oxygens (including phenoxy) is 1. The lowest BCUT2D eigenvalue weighted by molar-refractivity contribution is -0.274. The molecule has 0 spiro atoms. The van der Waals surface area contributed by atoms with E-state index in [4.69, 9.17) is 0 Å². The molecule has 27 heavy (non-hydrogen) atoms. The number of nitrogens with one attached hydrogen (secondary N) is 3. The minimum Gasteiger partial charge on any atom is -0.406 e. The molecule has 0 atom stereocenters. The summed E-state index contributed by atoms with van der Waals surface area (Å²) in [6.45, 7) is -0.331. The van der Waals surface area contributed by atoms with Crippen LogP contribution in [0.25, 0.3) is 0 Å². The summed E-state index contributed by atoms with van der Waals surface area (Å²) in [6.07, 6.45) is -3.00. The van der Waals surface area contributed by atoms with Gasteiger partial charge < -0.3 is 15.4 Å². The monoisotopic (exact) mass is 388 g/mol. The number of carbonyl (C=O) groups is 3. The summed E-state index contributed by atoms with van der Waals surface area (Å²) in [5.41, 5.74) is 0.274. The molecule has 8 nitrogen and oxygen atoms in total. The number of benzene rings is 1. The van der Waals surface area contributed by atoms with Crippen LogP contribution in [0.5, 0.6) is 5.75 Å². The molecule has 1 fully saturated rings. The molecule has 0 bridgehead atoms. The number of hydrogen-bond donors (Lipinski definition) is 3. The highest BCUT2D eigenvalue weighted by Gasteiger charge is 2.31. The number of hydrogen-bond acceptors (Lipinski definition) is 5. The van der Waals surface area contributed by atoms with Gasteiger partial charge in [0, 0.05) is 11.7 Å². The molecule has 0 saturated heterocycles. The van der Waals surface area contributed by atoms with Crippen LogP contribution < -0.4 is 20.7 Å². The molecule has 148 valence electrons. The van der Waals surface area contributed by atoms with Crippen molar-refractivity contribution in [1.82, 2.24) is 15.5 Å². The molecule has 4 amide bonds. The van der Waals surface area contributed by atoms with Gasteiger partial charge in [-0.05, 0) is 44.2 Å². The van der Waals surface area contributed by atoms with E-state index in [1.807, 2.05) is 0 Å². The summed E-state index contributed by atoms with van der Waals surface area (Å²) < 4.78 is 40.0. The molecule has 0 unspecified atom stereocenters. The molecular weight excluding hydrogens is 369 g/mol. The van der Waals surface area contributed by atoms with Crippen LogP contribution in [0.1, 0.15) is 12.8 Å². The molecule has 2 rings (SSSR count). The molecule has 0 aromatic heterocycles. The number of likely N-dealkylation sites (N-methyl/N-ethyl adjacent to an activating group) is 1. The predicted octanol–water partition coefficient (Wildman–Crippen LogP) is 1.44. The van der Waals surface area contributed by atoms with Crippen LogP contribution in [-0.4, -0.2) is 55.3 Å². The first-order valence-electron chi connectivity index (χ1n) is 8.05. The highest BCUT2D eigenvalue weighted by atomic mass is 19.4. The second kappa shape index (κ2) is 8.71. The SMILES string of the molecule is CN(CC(=O)NC(=O)NC1CC1)CC(=O)Nc1ccc(OC(F)(F)F)cc1. The molecule has 1 aromatic carbocycles. The van der Waals surface area contributed by atoms with Gasteiger partial charge in [-0.2, -0.15) is 0 Å². The zero-order valence-electron chi connectivity index (χ0n) is 14.4. The number of imide groups is 1. The van der Waals surface area contributed by atoms with Crippen LogP contribution in [0.3, 0.4) is 0 Å². The van der Waals surface area contributed by atoms with Crippen molar-refractivity contribution in [3.8, 4) is 5.75 Å². The van der Waals surface area contributed by atoms with Gasteiger partial charge >= 0.3 is 12.4 Å². The highest BCUT2D eigenvalue weighted by Crippen LogP contribution is 2.23. The van der Waals surface area contributed by atoms with Gasteiger partial charge in [0.1, 0.15) is 5.75 Å². The van der Waals surface area contributed by atoms with Crippen molar-refractivity contribution in [2.45, 2.75) is 25.2 Å². The number of alkyl halides is 3. The first-order valence-corrected chi connectivity index (χ1v) is 8.05. The number of amides is 4. The third-order valence-corrected chi connectivity index (χ3v) is 3.36. The Bertz CT molecular complexity index is 690. The Morgan fingerprint density at radius 2 is 1.70 bits per heavy atom. The van der Waals surface area contributed by atoms with E-state index in [0.29, 0.717) is 0 Å². The Labute approximate surface area is 153 Å². The number of halogens is 3. The molecule has 0 aliphatic heterocycles. The van der Waals surface area contributed by atoms with Crippen molar-refractivity contribution >= 4 is 23.5 Å². The highest BCUT2D eigenvalue weighted by molar-refractivity contribution is 5.96. The van der Waals surface area contributed by atoms with Gasteiger partial charge in [0.2, 0.25) is 11.8 Å². The third-order valence-electron chi connectivity index (χ3n) is 3.36. The molecule has 11 heteroatoms. The van der Waals surface area contributed by atoms with Crippen molar-refractivity contribution in [2.24, 2.45) is 0 Å². The van der Waals surface area contributed by atoms with Crippen LogP contribution in [0.15, 0.2) is 24.3 Å². The van der Waals surface area contributed by atoms with Gasteiger partial charge in [-0.1, -0.05) is 0 Å². The fourth-order valence-electron chi connectivity index (χ4n) is 2.10. The van der Waals surface area contributed by atoms with Gasteiger partial charge in [-0.25, -0.2) is 4.79 Å². The quantitative estimate of drug-likeness (QED) is 0.657. The van der Waals surface area contributed by atoms with Crippen molar-refractivity contribution in [3.63, 3.8) is 0 Å². The smallest absolute Gasteiger partial charge is 0.406 e. The van der Waals surface area contributed by atoms with E-state index in [2.05, 4.69) is 20.7 Å². The molecule has 1 aliphatic rings. The number of nitrogens with zero attached hydrogens (tertiary/aromatic N) is 1. The number of rotatable bonds is 7. The standard InChI is InChI=1S/C16H19F3N4O4/c1-23(9-14(25)22-15(26)21-11-2-3-11)8-13(24)20-10-4-6-12(7-5-10)27-16(17,18)19/h4-7,11H,2-3,8-9H2,1H3,(H,20,24)(H2,21,22,25,26). The van der Waals surface area contributed by atoms with E-state index in [-0.39, 0.29) is 24.8 Å². The Morgan fingerprint density at radius 3 is 2.26 bits per heavy atom. The molecular formula is C16H19F3N4O4. The summed E-state index contributed by atoms with van der Waals surface area (Å²) in [5.74, 6) is -1.44. The lowest BCUT2D eigenvalue weighted by atomic mass is 10.3. The summed E-state index contributed by atoms with van der Waals surface area (Å²) in [6, 6.07) is 4.20. The van der Waals surface area contributed by atoms with E-state index < -0.39 is 30.0 Å². The Hall–Kier alpha value is -2.82. The molecule has 0 radical (unpaired) electrons. The number of urea groups is 1. The van der Waals surface area contributed by atoms with E-state index >= 15 is 0 Å². The van der Waals surface area contributed by atoms with Crippen molar-refractivity contribution in [3.05, 3.63) is 24.3 Å². The van der Waals surface area contributed by atoms with Gasteiger partial charge in [-0.3, -0.25) is 19.8 Å². The maximum atomic E-state index is 12.1. The number of carbonyl (C=O) groups excluding carboxylic acids is 3. The Balaban J connectivity index is 1.72. The zero-order chi connectivity index (χ0) is 20.0. The molecule has 3 N–H and O–H groups in total. The maximum Gasteiger partial charge on any atom is 0.573 e. The maximum absolute atomic E-state index is 12.1. The van der Waals surface area contributed by atoms with Crippen LogP contribution in [0.2, 0.25) is 0 Å². The van der Waals surface area contributed by atoms with Crippen molar-refractivity contribution in [1.29, 1.82) is 0 Å². The average molecular weight is 388 g/mol. The number of anilines is 1. The van der Waals surface area contributed by atoms with Crippen molar-refractivity contribution < 1.29 is 32.3 Å². The van der Waals surface area contributed by atoms with E-state index in [1.165, 1.54) is 24.1 Å². The van der Waals surface area contributed by atoms with Crippen LogP contribution in [0, 0.1) is 0 Å². The van der Waals surface area contributed by atoms with E-state index in [9.17, 15) is 27.6 Å². The second-order valence-corrected chi connectivity index (χ2v) is 6.09. The normalized spacial score (nSPS) is 13.8. The average Bonchev–Trinajstić information content (AvgIpc) is 3.30. The summed E-state index contributed by atoms with van der Waals surface area (Å²) in [4.78, 5) is 36.5. The third kappa shape index (κ3) is 8.40. The van der Waals surface area contributed by atoms with Gasteiger partial charge in [0.05, 0.1) is 13.1 Å². The summed E-state index contributed by atoms with van der Waals surface area (Å²) >= 11 is 0. The molecule has 1 saturated carbocycles. The van der Waals surface area contributed by atoms with Gasteiger partial charge in [0.15, 0.2) is 0 Å². The first-order chi connectivity index (χ1) is 12.6. The summed E-state index contributed by atoms with van der Waals surface area (Å²) in [5, 5.41) is 7.25. The van der Waals surface area contributed by atoms with Gasteiger partial charge in [0.25, 0.3) is 0 Å². The summed E-state index contributed by atoms with van der Waals surface area (Å²) in [7, 11) is 1.51. The molecule has 1 aromatic rings. The fourth-order valence-corrected chi connectivity index (χ4v) is 2.10. The van der Waals surface area contributed by atoms with Crippen molar-refractivity contribution in [2.75, 3.05) is 25.5 Å². The predicted molar refractivity (Wildman–Crippen MR) is 88.9 cm³/mol. The lowest BCUT2D eigenvalue weighted by Crippen LogP contribution is -2.45. The van der Waals surface area contributed by atoms with Crippen LogP contribution in [-0.2, 0) is 9.59 Å². The largest absolute Gasteiger partial charge is 0.573 e. The van der Waals surface area contributed by atoms with Gasteiger partial charge in [-0.15, -0.1) is 13.2 Å². The minimum atomic E-state index is -4.79. The van der Waals surface area contributed by atoms with Crippen LogP contribution in [0.4, 0.5) is 23.7 Å². The Kier molecular flexibility index (Phi) is 6.61. The fraction of sp³-hybridized carbons (Fsp3) is 0.438. The topological polar surface area (TPSA) is 99.8 Å². The zero-order valence-corrected chi connectivity index (χ0v) is 14.4. The second-order valence-electron chi connectivity index (χ2n) is 6.09. The lowest BCUT2D eigenvalue weighted by Gasteiger charge is -2.16. The molecule has 1 aliphatic carbocycles. The first kappa shape index (κ1) is 20.5. The van der Waals surface area contributed by atoms with E-state index in [1.54, 1.807) is 0 Å². The Morgan fingerprint density at radius 1 is 1.11 bits per heavy atom. The van der Waals surface area contributed by atoms with E-state index in [0.717, 1.165) is 25.0 Å².